The molecule has 0 saturated heterocycles. The predicted octanol–water partition coefficient (Wildman–Crippen LogP) is 1.32. The summed E-state index contributed by atoms with van der Waals surface area (Å²) in [4.78, 5) is 0. The average Bonchev–Trinajstić information content (AvgIpc) is 1.94. The fourth-order valence-corrected chi connectivity index (χ4v) is 0.741. The van der Waals surface area contributed by atoms with Crippen molar-refractivity contribution < 1.29 is 4.39 Å². The number of halogens is 1. The van der Waals surface area contributed by atoms with Crippen LogP contribution in [0.25, 0.3) is 0 Å². The molecule has 2 nitrogen and oxygen atoms in total. The fraction of sp³-hybridized carbons (Fsp3) is 0.143. The number of benzene rings is 1. The lowest BCUT2D eigenvalue weighted by Crippen LogP contribution is -1.93. The van der Waals surface area contributed by atoms with Gasteiger partial charge in [0.15, 0.2) is 0 Å². The van der Waals surface area contributed by atoms with Gasteiger partial charge >= 0.3 is 0 Å². The van der Waals surface area contributed by atoms with Gasteiger partial charge in [-0.05, 0) is 18.2 Å². The molecule has 0 aliphatic heterocycles. The summed E-state index contributed by atoms with van der Waals surface area (Å²) in [7, 11) is 0. The molecular weight excluding hydrogens is 131 g/mol. The van der Waals surface area contributed by atoms with Crippen molar-refractivity contribution >= 4 is 11.4 Å². The van der Waals surface area contributed by atoms with Crippen LogP contribution in [-0.4, -0.2) is 0 Å². The molecule has 1 aromatic carbocycles. The van der Waals surface area contributed by atoms with E-state index in [0.717, 1.165) is 0 Å². The highest BCUT2D eigenvalue weighted by atomic mass is 19.1. The summed E-state index contributed by atoms with van der Waals surface area (Å²) < 4.78 is 12.0. The molecule has 0 atom stereocenters. The van der Waals surface area contributed by atoms with Crippen molar-refractivity contribution in [2.24, 2.45) is 0 Å². The van der Waals surface area contributed by atoms with Crippen molar-refractivity contribution in [3.8, 4) is 0 Å². The highest BCUT2D eigenvalue weighted by Crippen LogP contribution is 2.15. The topological polar surface area (TPSA) is 52.0 Å². The first-order chi connectivity index (χ1) is 4.74. The van der Waals surface area contributed by atoms with Gasteiger partial charge in [0.25, 0.3) is 0 Å². The van der Waals surface area contributed by atoms with Crippen molar-refractivity contribution in [3.63, 3.8) is 0 Å². The summed E-state index contributed by atoms with van der Waals surface area (Å²) in [6.07, 6.45) is 0. The molecule has 0 saturated carbocycles. The SMILES string of the molecule is Nc1ccc(N)c(CF)c1. The normalized spacial score (nSPS) is 9.70. The van der Waals surface area contributed by atoms with Crippen molar-refractivity contribution in [1.29, 1.82) is 0 Å². The van der Waals surface area contributed by atoms with E-state index in [1.807, 2.05) is 0 Å². The van der Waals surface area contributed by atoms with Gasteiger partial charge < -0.3 is 11.5 Å². The number of rotatable bonds is 1. The number of nitrogens with two attached hydrogens (primary N) is 2. The number of alkyl halides is 1. The first-order valence-corrected chi connectivity index (χ1v) is 2.94. The lowest BCUT2D eigenvalue weighted by atomic mass is 10.2. The molecule has 4 N–H and O–H groups in total. The molecular formula is C7H9FN2. The van der Waals surface area contributed by atoms with Gasteiger partial charge in [0.2, 0.25) is 0 Å². The Morgan fingerprint density at radius 3 is 2.50 bits per heavy atom. The Bertz CT molecular complexity index is 235. The smallest absolute Gasteiger partial charge is 0.117 e. The fourth-order valence-electron chi connectivity index (χ4n) is 0.741. The van der Waals surface area contributed by atoms with Crippen molar-refractivity contribution in [3.05, 3.63) is 23.8 Å². The molecule has 0 aliphatic rings. The summed E-state index contributed by atoms with van der Waals surface area (Å²) in [5, 5.41) is 0. The summed E-state index contributed by atoms with van der Waals surface area (Å²) in [6, 6.07) is 4.79. The largest absolute Gasteiger partial charge is 0.399 e. The second kappa shape index (κ2) is 2.56. The zero-order valence-electron chi connectivity index (χ0n) is 5.47. The predicted molar refractivity (Wildman–Crippen MR) is 40.1 cm³/mol. The standard InChI is InChI=1S/C7H9FN2/c8-4-5-3-6(9)1-2-7(5)10/h1-3H,4,9-10H2. The van der Waals surface area contributed by atoms with E-state index >= 15 is 0 Å². The van der Waals surface area contributed by atoms with E-state index in [2.05, 4.69) is 0 Å². The van der Waals surface area contributed by atoms with Crippen LogP contribution in [0.4, 0.5) is 15.8 Å². The van der Waals surface area contributed by atoms with Crippen molar-refractivity contribution in [2.45, 2.75) is 6.67 Å². The van der Waals surface area contributed by atoms with E-state index < -0.39 is 6.67 Å². The second-order valence-electron chi connectivity index (χ2n) is 2.09. The molecule has 10 heavy (non-hydrogen) atoms. The Balaban J connectivity index is 3.09. The number of nitrogen functional groups attached to an aromatic ring is 2. The molecule has 54 valence electrons. The molecule has 0 aromatic heterocycles. The molecule has 0 aliphatic carbocycles. The molecule has 0 amide bonds. The van der Waals surface area contributed by atoms with Crippen molar-refractivity contribution in [2.75, 3.05) is 11.5 Å². The van der Waals surface area contributed by atoms with E-state index in [4.69, 9.17) is 11.5 Å². The van der Waals surface area contributed by atoms with Gasteiger partial charge in [0.1, 0.15) is 6.67 Å². The van der Waals surface area contributed by atoms with Crippen LogP contribution in [-0.2, 0) is 6.67 Å². The monoisotopic (exact) mass is 140 g/mol. The zero-order chi connectivity index (χ0) is 7.56. The van der Waals surface area contributed by atoms with Gasteiger partial charge in [-0.25, -0.2) is 4.39 Å². The minimum atomic E-state index is -0.559. The van der Waals surface area contributed by atoms with Crippen LogP contribution in [0.2, 0.25) is 0 Å². The minimum Gasteiger partial charge on any atom is -0.399 e. The van der Waals surface area contributed by atoms with Crippen LogP contribution in [0.15, 0.2) is 18.2 Å². The summed E-state index contributed by atoms with van der Waals surface area (Å²) in [5.41, 5.74) is 12.2. The summed E-state index contributed by atoms with van der Waals surface area (Å²) >= 11 is 0. The lowest BCUT2D eigenvalue weighted by molar-refractivity contribution is 0.486. The highest BCUT2D eigenvalue weighted by molar-refractivity contribution is 5.54. The van der Waals surface area contributed by atoms with E-state index in [-0.39, 0.29) is 0 Å². The molecule has 0 unspecified atom stereocenters. The first kappa shape index (κ1) is 6.86. The van der Waals surface area contributed by atoms with E-state index in [0.29, 0.717) is 16.9 Å². The third-order valence-corrected chi connectivity index (χ3v) is 1.31. The number of hydrogen-bond donors (Lipinski definition) is 2. The lowest BCUT2D eigenvalue weighted by Gasteiger charge is -2.00. The van der Waals surface area contributed by atoms with Crippen LogP contribution < -0.4 is 11.5 Å². The Morgan fingerprint density at radius 2 is 2.00 bits per heavy atom. The van der Waals surface area contributed by atoms with Gasteiger partial charge in [-0.3, -0.25) is 0 Å². The van der Waals surface area contributed by atoms with Crippen LogP contribution >= 0.6 is 0 Å². The molecule has 0 bridgehead atoms. The second-order valence-corrected chi connectivity index (χ2v) is 2.09. The van der Waals surface area contributed by atoms with E-state index in [1.54, 1.807) is 12.1 Å². The Labute approximate surface area is 58.6 Å². The first-order valence-electron chi connectivity index (χ1n) is 2.94. The van der Waals surface area contributed by atoms with Crippen LogP contribution in [0.3, 0.4) is 0 Å². The number of anilines is 2. The van der Waals surface area contributed by atoms with Gasteiger partial charge in [0, 0.05) is 16.9 Å². The summed E-state index contributed by atoms with van der Waals surface area (Å²) in [6.45, 7) is -0.559. The van der Waals surface area contributed by atoms with Gasteiger partial charge in [-0.15, -0.1) is 0 Å². The third kappa shape index (κ3) is 1.18. The van der Waals surface area contributed by atoms with Crippen LogP contribution in [0.5, 0.6) is 0 Å². The molecule has 3 heteroatoms. The van der Waals surface area contributed by atoms with Gasteiger partial charge in [0.05, 0.1) is 0 Å². The molecule has 0 fully saturated rings. The quantitative estimate of drug-likeness (QED) is 0.578. The molecule has 1 aromatic rings. The maximum Gasteiger partial charge on any atom is 0.117 e. The maximum atomic E-state index is 12.0. The Kier molecular flexibility index (Phi) is 1.76. The van der Waals surface area contributed by atoms with Crippen LogP contribution in [0, 0.1) is 0 Å². The Morgan fingerprint density at radius 1 is 1.30 bits per heavy atom. The van der Waals surface area contributed by atoms with Crippen molar-refractivity contribution in [1.82, 2.24) is 0 Å². The third-order valence-electron chi connectivity index (χ3n) is 1.31. The number of hydrogen-bond acceptors (Lipinski definition) is 2. The van der Waals surface area contributed by atoms with E-state index in [1.165, 1.54) is 6.07 Å². The maximum absolute atomic E-state index is 12.0. The van der Waals surface area contributed by atoms with Gasteiger partial charge in [-0.2, -0.15) is 0 Å². The molecule has 0 radical (unpaired) electrons. The Hall–Kier alpha value is -1.25. The molecule has 0 heterocycles. The van der Waals surface area contributed by atoms with Crippen LogP contribution in [0.1, 0.15) is 5.56 Å². The molecule has 1 rings (SSSR count). The minimum absolute atomic E-state index is 0.455. The average molecular weight is 140 g/mol. The van der Waals surface area contributed by atoms with E-state index in [9.17, 15) is 4.39 Å². The van der Waals surface area contributed by atoms with Gasteiger partial charge in [-0.1, -0.05) is 0 Å². The summed E-state index contributed by atoms with van der Waals surface area (Å²) in [5.74, 6) is 0. The molecule has 0 spiro atoms. The zero-order valence-corrected chi connectivity index (χ0v) is 5.47. The highest BCUT2D eigenvalue weighted by Gasteiger charge is 1.96.